The van der Waals surface area contributed by atoms with Gasteiger partial charge in [-0.2, -0.15) is 0 Å². The number of hydrogen-bond donors (Lipinski definition) is 6. The molecule has 5 aromatic carbocycles. The van der Waals surface area contributed by atoms with Crippen LogP contribution in [0.2, 0.25) is 0 Å². The highest BCUT2D eigenvalue weighted by atomic mass is 16.6. The molecule has 0 unspecified atom stereocenters. The van der Waals surface area contributed by atoms with Crippen molar-refractivity contribution in [2.45, 2.75) is 121 Å². The molecule has 0 aromatic heterocycles. The number of fused-ring (bicyclic) bond motifs is 7. The molecule has 3 fully saturated rings. The number of aliphatic hydroxyl groups is 2. The Morgan fingerprint density at radius 1 is 0.708 bits per heavy atom. The van der Waals surface area contributed by atoms with Crippen LogP contribution in [-0.2, 0) is 52.4 Å². The van der Waals surface area contributed by atoms with Gasteiger partial charge in [-0.25, -0.2) is 19.2 Å². The maximum Gasteiger partial charge on any atom is 0.338 e. The summed E-state index contributed by atoms with van der Waals surface area (Å²) in [5.74, 6) is -11.6. The molecule has 12 atom stereocenters. The monoisotopic (exact) mass is 1310 g/mol. The minimum Gasteiger partial charge on any atom is -0.508 e. The number of carboxylic acids is 1. The minimum absolute atomic E-state index is 0.0211. The molecule has 1 saturated heterocycles. The Balaban J connectivity index is 0.995. The number of aromatic carboxylic acids is 1. The zero-order valence-electron chi connectivity index (χ0n) is 53.2. The number of ether oxygens (including phenoxy) is 7. The van der Waals surface area contributed by atoms with Gasteiger partial charge in [-0.15, -0.1) is 0 Å². The average Bonchev–Trinajstić information content (AvgIpc) is 0.668. The first-order valence-electron chi connectivity index (χ1n) is 30.7. The Morgan fingerprint density at radius 2 is 1.39 bits per heavy atom. The van der Waals surface area contributed by atoms with Crippen LogP contribution in [0.25, 0.3) is 33.4 Å². The number of carbonyl (C=O) groups excluding carboxylic acids is 8. The van der Waals surface area contributed by atoms with E-state index in [1.54, 1.807) is 54.6 Å². The number of amides is 2. The number of benzene rings is 6. The first-order valence-corrected chi connectivity index (χ1v) is 30.7. The van der Waals surface area contributed by atoms with Crippen molar-refractivity contribution in [3.05, 3.63) is 189 Å². The molecule has 6 aliphatic rings. The molecule has 24 nitrogen and oxygen atoms in total. The largest absolute Gasteiger partial charge is 0.508 e. The quantitative estimate of drug-likeness (QED) is 0.0224. The van der Waals surface area contributed by atoms with Crippen molar-refractivity contribution in [2.24, 2.45) is 16.7 Å². The zero-order valence-corrected chi connectivity index (χ0v) is 53.2. The lowest BCUT2D eigenvalue weighted by molar-refractivity contribution is -0.346. The number of methoxy groups -OCH3 is 1. The number of carboxylic acid groups (broad SMARTS) is 1. The van der Waals surface area contributed by atoms with Crippen molar-refractivity contribution in [1.29, 1.82) is 0 Å². The molecule has 6 N–H and O–H groups in total. The third-order valence-electron chi connectivity index (χ3n) is 19.2. The Bertz CT molecular complexity index is 4390. The predicted molar refractivity (Wildman–Crippen MR) is 338 cm³/mol. The second-order valence-corrected chi connectivity index (χ2v) is 25.2. The molecule has 96 heavy (non-hydrogen) atoms. The van der Waals surface area contributed by atoms with Gasteiger partial charge in [-0.05, 0) is 110 Å². The Morgan fingerprint density at radius 3 is 2.04 bits per heavy atom. The molecular weight excluding hydrogens is 1240 g/mol. The first-order chi connectivity index (χ1) is 45.5. The Labute approximate surface area is 548 Å². The van der Waals surface area contributed by atoms with Gasteiger partial charge in [0.25, 0.3) is 11.8 Å². The molecule has 2 bridgehead atoms. The van der Waals surface area contributed by atoms with Gasteiger partial charge >= 0.3 is 35.8 Å². The van der Waals surface area contributed by atoms with Crippen molar-refractivity contribution >= 4 is 64.4 Å². The van der Waals surface area contributed by atoms with Gasteiger partial charge in [0.05, 0.1) is 42.2 Å². The van der Waals surface area contributed by atoms with Crippen molar-refractivity contribution in [2.75, 3.05) is 13.7 Å². The van der Waals surface area contributed by atoms with Gasteiger partial charge in [-0.1, -0.05) is 74.5 Å². The number of Topliss-reactive ketones (excluding diaryl/α,β-unsaturated/α-hetero) is 1. The summed E-state index contributed by atoms with van der Waals surface area (Å²) in [6, 6.07) is 30.5. The fraction of sp³-hybridized carbons (Fsp3) is 0.333. The molecule has 2 aliphatic heterocycles. The van der Waals surface area contributed by atoms with Gasteiger partial charge in [0.2, 0.25) is 0 Å². The summed E-state index contributed by atoms with van der Waals surface area (Å²) in [6.45, 7) is 8.51. The number of esters is 5. The number of phenols is 1. The third kappa shape index (κ3) is 11.8. The molecular formula is C72H68N2O22. The maximum atomic E-state index is 16.7. The lowest BCUT2D eigenvalue weighted by Crippen LogP contribution is -2.82. The summed E-state index contributed by atoms with van der Waals surface area (Å²) in [5, 5.41) is 53.1. The van der Waals surface area contributed by atoms with Gasteiger partial charge in [0.15, 0.2) is 29.0 Å². The molecule has 0 spiro atoms. The number of aromatic hydroxyl groups is 1. The van der Waals surface area contributed by atoms with Crippen LogP contribution < -0.4 is 20.8 Å². The SMILES string of the molecule is COc1cccc(C(=O)O[C@H]2[C@@H]3[C@]4(OC(C)=O)CO[C@@H]4C[C@H](OC(=O)[C@H](C)NC(=O)c4ccc(-c5c6ccc(=O)cc-6oc6cc(O)ccc56)c(C(=O)O)c4)[C@@]3(C)C(=O)[C@H](OC(C)=O)C3=C(C)[C@@H](OC(=O)[C@H](O)[C@@H](NC(=O)c4ccccc4)c4ccccc4)C[C@]2(O)C3(C)C)c1. The van der Waals surface area contributed by atoms with E-state index < -0.39 is 155 Å². The highest BCUT2D eigenvalue weighted by Gasteiger charge is 2.79. The fourth-order valence-corrected chi connectivity index (χ4v) is 14.3. The zero-order chi connectivity index (χ0) is 69.1. The molecule has 498 valence electrons. The van der Waals surface area contributed by atoms with E-state index in [1.807, 2.05) is 0 Å². The lowest BCUT2D eigenvalue weighted by atomic mass is 9.44. The normalized spacial score (nSPS) is 24.9. The van der Waals surface area contributed by atoms with E-state index in [9.17, 15) is 58.8 Å². The molecule has 24 heteroatoms. The summed E-state index contributed by atoms with van der Waals surface area (Å²) in [4.78, 5) is 143. The topological polar surface area (TPSA) is 353 Å². The van der Waals surface area contributed by atoms with Crippen molar-refractivity contribution in [3.8, 4) is 33.9 Å². The number of phenolic OH excluding ortho intramolecular Hbond substituents is 1. The summed E-state index contributed by atoms with van der Waals surface area (Å²) < 4.78 is 49.2. The van der Waals surface area contributed by atoms with E-state index in [1.165, 1.54) is 121 Å². The predicted octanol–water partition coefficient (Wildman–Crippen LogP) is 7.40. The van der Waals surface area contributed by atoms with E-state index >= 15 is 9.59 Å². The Hall–Kier alpha value is -10.6. The first kappa shape index (κ1) is 66.9. The lowest BCUT2D eigenvalue weighted by Gasteiger charge is -2.67. The molecule has 2 amide bonds. The number of nitrogens with one attached hydrogen (secondary N) is 2. The Kier molecular flexibility index (Phi) is 17.9. The van der Waals surface area contributed by atoms with Crippen LogP contribution >= 0.6 is 0 Å². The van der Waals surface area contributed by atoms with Crippen LogP contribution in [0.5, 0.6) is 11.5 Å². The molecule has 5 aromatic rings. The fourth-order valence-electron chi connectivity index (χ4n) is 14.3. The van der Waals surface area contributed by atoms with Crippen LogP contribution in [0.3, 0.4) is 0 Å². The highest BCUT2D eigenvalue weighted by Crippen LogP contribution is 2.65. The highest BCUT2D eigenvalue weighted by molar-refractivity contribution is 6.09. The van der Waals surface area contributed by atoms with Crippen molar-refractivity contribution < 1.29 is 101 Å². The standard InChI is InChI=1S/C72H68N2O22/c1-35-52(93-68(87)58(79)57(39-16-11-9-12-17-39)74-63(81)40-18-13-10-14-19-40)33-72(88)62(95-67(86)42-20-15-21-45(28-42)89-8)60-70(7,61(80)59(91-37(3)75)56(35)69(72,5)6)53(32-54-71(60,34-90-54)96-38(4)76)94-66(85)36(2)73-64(82)41-22-25-46(49(29-41)65(83)84)55-47-26-23-43(77)30-50(47)92-51-31-44(78)24-27-48(51)55/h9-31,36,52-54,57-60,62,77,79,88H,32-34H2,1-8H3,(H,73,82)(H,74,81)(H,83,84)/t36-,52-,53-,54+,57-,58+,59+,60-,62-,70+,71-,72+/m0/s1. The summed E-state index contributed by atoms with van der Waals surface area (Å²) in [5.41, 5.74) is -9.10. The van der Waals surface area contributed by atoms with Crippen LogP contribution in [0, 0.1) is 16.7 Å². The number of hydrogen-bond acceptors (Lipinski definition) is 21. The second-order valence-electron chi connectivity index (χ2n) is 25.2. The number of rotatable bonds is 17. The van der Waals surface area contributed by atoms with E-state index in [-0.39, 0.29) is 67.4 Å². The van der Waals surface area contributed by atoms with Crippen LogP contribution in [0.4, 0.5) is 0 Å². The van der Waals surface area contributed by atoms with Crippen LogP contribution in [-0.4, -0.2) is 141 Å². The maximum absolute atomic E-state index is 16.7. The average molecular weight is 1310 g/mol. The number of carbonyl (C=O) groups is 9. The van der Waals surface area contributed by atoms with E-state index in [0.29, 0.717) is 16.5 Å². The summed E-state index contributed by atoms with van der Waals surface area (Å²) in [6.07, 6.45) is -12.4. The summed E-state index contributed by atoms with van der Waals surface area (Å²) >= 11 is 0. The van der Waals surface area contributed by atoms with Gasteiger partial charge in [0, 0.05) is 71.9 Å². The third-order valence-corrected chi connectivity index (χ3v) is 19.2. The van der Waals surface area contributed by atoms with E-state index in [2.05, 4.69) is 10.6 Å². The van der Waals surface area contributed by atoms with Crippen LogP contribution in [0.15, 0.2) is 160 Å². The summed E-state index contributed by atoms with van der Waals surface area (Å²) in [7, 11) is 1.35. The number of ketones is 1. The molecule has 0 radical (unpaired) electrons. The molecule has 11 rings (SSSR count). The smallest absolute Gasteiger partial charge is 0.338 e. The number of aliphatic hydroxyl groups excluding tert-OH is 1. The van der Waals surface area contributed by atoms with Gasteiger partial charge < -0.3 is 68.6 Å². The van der Waals surface area contributed by atoms with E-state index in [4.69, 9.17) is 37.6 Å². The minimum atomic E-state index is -2.66. The van der Waals surface area contributed by atoms with E-state index in [0.717, 1.165) is 19.9 Å². The van der Waals surface area contributed by atoms with Gasteiger partial charge in [0.1, 0.15) is 58.9 Å². The molecule has 2 heterocycles. The van der Waals surface area contributed by atoms with Crippen molar-refractivity contribution in [3.63, 3.8) is 0 Å². The van der Waals surface area contributed by atoms with Crippen LogP contribution in [0.1, 0.15) is 114 Å². The van der Waals surface area contributed by atoms with Crippen molar-refractivity contribution in [1.82, 2.24) is 10.6 Å². The molecule has 2 saturated carbocycles. The molecule has 4 aliphatic carbocycles. The second kappa shape index (κ2) is 25.6. The van der Waals surface area contributed by atoms with Gasteiger partial charge in [-0.3, -0.25) is 28.8 Å².